The Bertz CT molecular complexity index is 1100. The number of amides is 1. The van der Waals surface area contributed by atoms with Gasteiger partial charge < -0.3 is 19.4 Å². The predicted molar refractivity (Wildman–Crippen MR) is 109 cm³/mol. The molecule has 0 saturated heterocycles. The Hall–Kier alpha value is -3.59. The minimum absolute atomic E-state index is 0.181. The Balaban J connectivity index is 1.44. The summed E-state index contributed by atoms with van der Waals surface area (Å²) < 4.78 is 12.6. The summed E-state index contributed by atoms with van der Waals surface area (Å²) in [5.74, 6) is 0.709. The maximum absolute atomic E-state index is 12.5. The van der Waals surface area contributed by atoms with E-state index in [1.54, 1.807) is 18.3 Å². The number of nitrogens with zero attached hydrogens (tertiary/aromatic N) is 3. The lowest BCUT2D eigenvalue weighted by Gasteiger charge is -2.20. The molecule has 1 aromatic heterocycles. The molecule has 0 saturated carbocycles. The molecule has 0 fully saturated rings. The molecule has 0 unspecified atom stereocenters. The number of imidazole rings is 1. The van der Waals surface area contributed by atoms with Crippen molar-refractivity contribution in [3.05, 3.63) is 75.3 Å². The van der Waals surface area contributed by atoms with Gasteiger partial charge in [0.15, 0.2) is 11.5 Å². The molecule has 1 aliphatic rings. The Labute approximate surface area is 176 Å². The minimum Gasteiger partial charge on any atom is -0.486 e. The van der Waals surface area contributed by atoms with E-state index in [1.807, 2.05) is 6.07 Å². The number of aromatic nitrogens is 2. The fourth-order valence-electron chi connectivity index (χ4n) is 3.16. The van der Waals surface area contributed by atoms with Gasteiger partial charge in [-0.1, -0.05) is 11.6 Å². The molecular formula is C20H17ClN4O5. The van der Waals surface area contributed by atoms with Crippen LogP contribution >= 0.6 is 11.6 Å². The third kappa shape index (κ3) is 4.06. The molecule has 2 aromatic carbocycles. The number of hydrogen-bond donors (Lipinski definition) is 1. The average Bonchev–Trinajstić information content (AvgIpc) is 3.28. The number of halogens is 1. The molecule has 0 aliphatic carbocycles. The summed E-state index contributed by atoms with van der Waals surface area (Å²) in [6, 6.07) is 7.92. The van der Waals surface area contributed by atoms with Crippen molar-refractivity contribution in [3.63, 3.8) is 0 Å². The Morgan fingerprint density at radius 2 is 2.10 bits per heavy atom. The van der Waals surface area contributed by atoms with Gasteiger partial charge in [-0.2, -0.15) is 0 Å². The SMILES string of the molecule is O=C(NCCc1cc(Cl)c2c(c1)OCCO2)c1ccc(-n2ccnc2)c([N+](=O)[O-])c1. The van der Waals surface area contributed by atoms with Gasteiger partial charge in [-0.3, -0.25) is 14.9 Å². The van der Waals surface area contributed by atoms with Crippen LogP contribution in [0.4, 0.5) is 5.69 Å². The molecule has 2 heterocycles. The summed E-state index contributed by atoms with van der Waals surface area (Å²) in [5, 5.41) is 14.7. The van der Waals surface area contributed by atoms with Crippen molar-refractivity contribution in [2.75, 3.05) is 19.8 Å². The van der Waals surface area contributed by atoms with Crippen molar-refractivity contribution in [1.82, 2.24) is 14.9 Å². The van der Waals surface area contributed by atoms with Crippen molar-refractivity contribution >= 4 is 23.2 Å². The maximum atomic E-state index is 12.5. The van der Waals surface area contributed by atoms with E-state index in [1.165, 1.54) is 29.2 Å². The Kier molecular flexibility index (Phi) is 5.53. The van der Waals surface area contributed by atoms with Gasteiger partial charge in [0.2, 0.25) is 0 Å². The summed E-state index contributed by atoms with van der Waals surface area (Å²) in [6.07, 6.45) is 5.09. The van der Waals surface area contributed by atoms with Gasteiger partial charge in [0.25, 0.3) is 11.6 Å². The van der Waals surface area contributed by atoms with Gasteiger partial charge in [0, 0.05) is 30.6 Å². The summed E-state index contributed by atoms with van der Waals surface area (Å²) in [6.45, 7) is 1.23. The van der Waals surface area contributed by atoms with Crippen LogP contribution in [-0.4, -0.2) is 40.1 Å². The van der Waals surface area contributed by atoms with Gasteiger partial charge in [-0.05, 0) is 36.2 Å². The smallest absolute Gasteiger partial charge is 0.294 e. The maximum Gasteiger partial charge on any atom is 0.294 e. The first-order chi connectivity index (χ1) is 14.5. The van der Waals surface area contributed by atoms with E-state index in [0.29, 0.717) is 48.4 Å². The van der Waals surface area contributed by atoms with E-state index >= 15 is 0 Å². The van der Waals surface area contributed by atoms with Crippen LogP contribution in [0.2, 0.25) is 5.02 Å². The molecule has 1 amide bonds. The highest BCUT2D eigenvalue weighted by Crippen LogP contribution is 2.38. The molecule has 3 aromatic rings. The lowest BCUT2D eigenvalue weighted by Crippen LogP contribution is -2.26. The zero-order chi connectivity index (χ0) is 21.1. The molecular weight excluding hydrogens is 412 g/mol. The number of nitrogens with one attached hydrogen (secondary N) is 1. The fraction of sp³-hybridized carbons (Fsp3) is 0.200. The van der Waals surface area contributed by atoms with E-state index in [2.05, 4.69) is 10.3 Å². The largest absolute Gasteiger partial charge is 0.486 e. The Morgan fingerprint density at radius 3 is 2.87 bits per heavy atom. The van der Waals surface area contributed by atoms with E-state index in [4.69, 9.17) is 21.1 Å². The Morgan fingerprint density at radius 1 is 1.27 bits per heavy atom. The molecule has 0 bridgehead atoms. The van der Waals surface area contributed by atoms with Crippen molar-refractivity contribution in [3.8, 4) is 17.2 Å². The number of nitro groups is 1. The van der Waals surface area contributed by atoms with E-state index < -0.39 is 10.8 Å². The zero-order valence-electron chi connectivity index (χ0n) is 15.7. The molecule has 154 valence electrons. The lowest BCUT2D eigenvalue weighted by atomic mass is 10.1. The number of hydrogen-bond acceptors (Lipinski definition) is 6. The summed E-state index contributed by atoms with van der Waals surface area (Å²) in [5.41, 5.74) is 1.23. The average molecular weight is 429 g/mol. The molecule has 9 nitrogen and oxygen atoms in total. The summed E-state index contributed by atoms with van der Waals surface area (Å²) >= 11 is 6.23. The molecule has 0 atom stereocenters. The first-order valence-corrected chi connectivity index (χ1v) is 9.54. The summed E-state index contributed by atoms with van der Waals surface area (Å²) in [7, 11) is 0. The molecule has 30 heavy (non-hydrogen) atoms. The topological polar surface area (TPSA) is 109 Å². The van der Waals surface area contributed by atoms with E-state index in [9.17, 15) is 14.9 Å². The number of nitro benzene ring substituents is 1. The second-order valence-corrected chi connectivity index (χ2v) is 6.95. The molecule has 1 aliphatic heterocycles. The summed E-state index contributed by atoms with van der Waals surface area (Å²) in [4.78, 5) is 27.3. The second-order valence-electron chi connectivity index (χ2n) is 6.54. The first-order valence-electron chi connectivity index (χ1n) is 9.16. The molecule has 10 heteroatoms. The number of carbonyl (C=O) groups excluding carboxylic acids is 1. The van der Waals surface area contributed by atoms with Crippen LogP contribution in [0.15, 0.2) is 49.1 Å². The van der Waals surface area contributed by atoms with Gasteiger partial charge in [0.1, 0.15) is 18.9 Å². The molecule has 1 N–H and O–H groups in total. The van der Waals surface area contributed by atoms with Gasteiger partial charge >= 0.3 is 0 Å². The minimum atomic E-state index is -0.525. The quantitative estimate of drug-likeness (QED) is 0.477. The highest BCUT2D eigenvalue weighted by Gasteiger charge is 2.19. The first kappa shape index (κ1) is 19.7. The van der Waals surface area contributed by atoms with E-state index in [0.717, 1.165) is 5.56 Å². The van der Waals surface area contributed by atoms with Crippen LogP contribution in [0.25, 0.3) is 5.69 Å². The molecule has 0 radical (unpaired) electrons. The second kappa shape index (κ2) is 8.42. The van der Waals surface area contributed by atoms with Crippen LogP contribution in [0.1, 0.15) is 15.9 Å². The number of benzene rings is 2. The van der Waals surface area contributed by atoms with E-state index in [-0.39, 0.29) is 11.3 Å². The molecule has 4 rings (SSSR count). The highest BCUT2D eigenvalue weighted by atomic mass is 35.5. The van der Waals surface area contributed by atoms with Crippen molar-refractivity contribution in [2.45, 2.75) is 6.42 Å². The monoisotopic (exact) mass is 428 g/mol. The number of carbonyl (C=O) groups is 1. The van der Waals surface area contributed by atoms with Crippen LogP contribution in [-0.2, 0) is 6.42 Å². The van der Waals surface area contributed by atoms with Crippen LogP contribution in [0, 0.1) is 10.1 Å². The fourth-order valence-corrected chi connectivity index (χ4v) is 3.45. The number of fused-ring (bicyclic) bond motifs is 1. The highest BCUT2D eigenvalue weighted by molar-refractivity contribution is 6.32. The predicted octanol–water partition coefficient (Wildman–Crippen LogP) is 3.18. The van der Waals surface area contributed by atoms with Gasteiger partial charge in [-0.15, -0.1) is 0 Å². The normalized spacial score (nSPS) is 12.4. The van der Waals surface area contributed by atoms with Crippen molar-refractivity contribution < 1.29 is 19.2 Å². The number of rotatable bonds is 6. The number of ether oxygens (including phenoxy) is 2. The third-order valence-electron chi connectivity index (χ3n) is 4.57. The lowest BCUT2D eigenvalue weighted by molar-refractivity contribution is -0.384. The third-order valence-corrected chi connectivity index (χ3v) is 4.85. The zero-order valence-corrected chi connectivity index (χ0v) is 16.5. The standard InChI is InChI=1S/C20H17ClN4O5/c21-15-9-13(10-18-19(15)30-8-7-29-18)3-4-23-20(26)14-1-2-16(17(11-14)25(27)28)24-6-5-22-12-24/h1-2,5-6,9-12H,3-4,7-8H2,(H,23,26). The van der Waals surface area contributed by atoms with Gasteiger partial charge in [0.05, 0.1) is 16.3 Å². The van der Waals surface area contributed by atoms with Crippen LogP contribution in [0.5, 0.6) is 11.5 Å². The van der Waals surface area contributed by atoms with Gasteiger partial charge in [-0.25, -0.2) is 4.98 Å². The van der Waals surface area contributed by atoms with Crippen molar-refractivity contribution in [2.24, 2.45) is 0 Å². The van der Waals surface area contributed by atoms with Crippen LogP contribution < -0.4 is 14.8 Å². The van der Waals surface area contributed by atoms with Crippen molar-refractivity contribution in [1.29, 1.82) is 0 Å². The molecule has 0 spiro atoms. The van der Waals surface area contributed by atoms with Crippen LogP contribution in [0.3, 0.4) is 0 Å².